The van der Waals surface area contributed by atoms with Crippen LogP contribution in [0.2, 0.25) is 0 Å². The summed E-state index contributed by atoms with van der Waals surface area (Å²) < 4.78 is 76.6. The van der Waals surface area contributed by atoms with E-state index in [9.17, 15) is 22.8 Å². The molecule has 0 aliphatic carbocycles. The normalized spacial score (nSPS) is 15.1. The minimum Gasteiger partial charge on any atom is -0.494 e. The minimum atomic E-state index is -0.638. The van der Waals surface area contributed by atoms with Gasteiger partial charge in [-0.3, -0.25) is 10.8 Å². The Kier molecular flexibility index (Phi) is 36.3. The van der Waals surface area contributed by atoms with Crippen molar-refractivity contribution in [2.75, 3.05) is 98.5 Å². The van der Waals surface area contributed by atoms with E-state index in [1.807, 2.05) is 36.4 Å². The molecule has 0 aromatic heterocycles. The molecule has 3 fully saturated rings. The number of ether oxygens (including phenoxy) is 6. The number of likely N-dealkylation sites (tertiary alicyclic amines) is 3. The van der Waals surface area contributed by atoms with Crippen molar-refractivity contribution in [3.05, 3.63) is 178 Å². The zero-order chi connectivity index (χ0) is 78.3. The van der Waals surface area contributed by atoms with Crippen molar-refractivity contribution in [3.8, 4) is 34.5 Å². The lowest BCUT2D eigenvalue weighted by Crippen LogP contribution is -2.35. The summed E-state index contributed by atoms with van der Waals surface area (Å²) in [5.41, 5.74) is 35.4. The van der Waals surface area contributed by atoms with Crippen LogP contribution in [0.25, 0.3) is 0 Å². The summed E-state index contributed by atoms with van der Waals surface area (Å²) in [7, 11) is 0. The van der Waals surface area contributed by atoms with E-state index in [1.54, 1.807) is 54.6 Å². The predicted molar refractivity (Wildman–Crippen MR) is 413 cm³/mol. The van der Waals surface area contributed by atoms with Crippen LogP contribution in [0, 0.1) is 46.0 Å². The first-order valence-corrected chi connectivity index (χ1v) is 36.9. The second-order valence-corrected chi connectivity index (χ2v) is 26.8. The maximum Gasteiger partial charge on any atom is 0.332 e. The molecule has 0 atom stereocenters. The standard InChI is InChI=1S/C29H38FN5O6.C25H34FN5O4.C25H34FN5O2/c1-20(36)40-33-28(31)23-6-8-24(9-7-23)38-17-3-5-22-12-15-35(16-13-22)14-4-18-39-25-10-11-26(27(30)19-25)29(32)34-41-21(2)37;26-23-17-21(8-9-22(23)25(28)30-33)35-16-2-12-31-13-10-18(11-14-31)3-1-15-34-20-6-4-19(5-7-20)24(27)29-32;26-23-17-21(8-9-22(23)25(29)30)33-16-2-12-31-13-10-18(11-14-31)3-1-15-32-20-6-4-19(5-7-20)24(27)28/h6-11,19,22H,3-5,12-18H2,1-2H3,(H2,31,33)(H2,32,34);4-9,17-18,32-33H,1-3,10-16H2,(H2,27,29)(H2,28,30);4-9,17-18H,1-3,10-16H2,(H3,27,28)(H3,29,30). The molecule has 6 aromatic rings. The molecule has 0 amide bonds. The number of piperidine rings is 3. The molecule has 16 N–H and O–H groups in total. The number of carbonyl (C=O) groups excluding carboxylic acids is 2. The van der Waals surface area contributed by atoms with Crippen LogP contribution in [0.15, 0.2) is 148 Å². The number of nitrogens with zero attached hydrogens (tertiary/aromatic N) is 7. The summed E-state index contributed by atoms with van der Waals surface area (Å²) in [6, 6.07) is 34.7. The number of halogens is 3. The van der Waals surface area contributed by atoms with Gasteiger partial charge in [0, 0.05) is 68.4 Å². The fraction of sp³-hybridized carbons (Fsp3) is 0.443. The zero-order valence-corrected chi connectivity index (χ0v) is 62.3. The number of rotatable bonds is 38. The molecule has 6 aromatic carbocycles. The van der Waals surface area contributed by atoms with E-state index in [0.717, 1.165) is 146 Å². The van der Waals surface area contributed by atoms with Crippen LogP contribution in [0.5, 0.6) is 34.5 Å². The Balaban J connectivity index is 0.000000229. The summed E-state index contributed by atoms with van der Waals surface area (Å²) in [5, 5.41) is 44.9. The first kappa shape index (κ1) is 85.4. The molecule has 0 saturated carbocycles. The fourth-order valence-electron chi connectivity index (χ4n) is 12.6. The molecule has 3 aliphatic rings. The highest BCUT2D eigenvalue weighted by Crippen LogP contribution is 2.28. The topological polar surface area (TPSA) is 411 Å². The van der Waals surface area contributed by atoms with Gasteiger partial charge in [-0.25, -0.2) is 22.8 Å². The predicted octanol–water partition coefficient (Wildman–Crippen LogP) is 10.6. The fourth-order valence-corrected chi connectivity index (χ4v) is 12.6. The molecule has 590 valence electrons. The van der Waals surface area contributed by atoms with Gasteiger partial charge in [0.15, 0.2) is 23.3 Å². The SMILES string of the molecule is CC(=O)O/N=C(\N)c1ccc(OCCCC2CCN(CCCOc3ccc(/C(N)=N/OC(C)=O)c(F)c3)CC2)cc1.N/C(=N\O)c1ccc(OCCCC2CCN(CCCOc3ccc(/C(N)=N/O)c(F)c3)CC2)cc1.N=C(N)c1ccc(OCCCC2CCN(CCCOc3ccc(C(=N)N)c(F)c3)CC2)cc1. The molecule has 0 bridgehead atoms. The van der Waals surface area contributed by atoms with Gasteiger partial charge in [0.25, 0.3) is 0 Å². The average Bonchev–Trinajstić information content (AvgIpc) is 0.854. The molecule has 9 rings (SSSR count). The highest BCUT2D eigenvalue weighted by Gasteiger charge is 2.23. The number of hydrogen-bond acceptors (Lipinski definition) is 21. The highest BCUT2D eigenvalue weighted by atomic mass is 19.1. The number of benzene rings is 6. The van der Waals surface area contributed by atoms with E-state index < -0.39 is 29.4 Å². The molecule has 109 heavy (non-hydrogen) atoms. The van der Waals surface area contributed by atoms with Gasteiger partial charge in [0.2, 0.25) is 0 Å². The van der Waals surface area contributed by atoms with Crippen LogP contribution in [-0.2, 0) is 19.3 Å². The van der Waals surface area contributed by atoms with Gasteiger partial charge in [0.1, 0.15) is 63.6 Å². The highest BCUT2D eigenvalue weighted by molar-refractivity contribution is 5.99. The Labute approximate surface area is 635 Å². The number of amidine groups is 6. The van der Waals surface area contributed by atoms with Crippen LogP contribution >= 0.6 is 0 Å². The number of carbonyl (C=O) groups is 2. The number of hydrogen-bond donors (Lipinski definition) is 10. The molecule has 0 spiro atoms. The summed E-state index contributed by atoms with van der Waals surface area (Å²) >= 11 is 0. The van der Waals surface area contributed by atoms with Crippen molar-refractivity contribution in [2.24, 2.45) is 72.8 Å². The summed E-state index contributed by atoms with van der Waals surface area (Å²) in [6.07, 6.45) is 16.1. The van der Waals surface area contributed by atoms with E-state index in [-0.39, 0.29) is 51.7 Å². The van der Waals surface area contributed by atoms with Crippen LogP contribution in [0.4, 0.5) is 13.2 Å². The number of nitrogen functional groups attached to an aromatic ring is 2. The minimum absolute atomic E-state index is 0.0392. The largest absolute Gasteiger partial charge is 0.494 e. The van der Waals surface area contributed by atoms with E-state index >= 15 is 0 Å². The Morgan fingerprint density at radius 2 is 0.670 bits per heavy atom. The molecule has 3 saturated heterocycles. The van der Waals surface area contributed by atoms with E-state index in [0.29, 0.717) is 85.4 Å². The number of nitrogens with two attached hydrogens (primary N) is 6. The molecule has 3 heterocycles. The summed E-state index contributed by atoms with van der Waals surface area (Å²) in [6.45, 7) is 15.2. The van der Waals surface area contributed by atoms with Gasteiger partial charge in [-0.2, -0.15) is 0 Å². The zero-order valence-electron chi connectivity index (χ0n) is 62.3. The summed E-state index contributed by atoms with van der Waals surface area (Å²) in [5.74, 6) is 2.40. The molecule has 0 radical (unpaired) electrons. The molecule has 27 nitrogen and oxygen atoms in total. The number of oxime groups is 4. The Bertz CT molecular complexity index is 3930. The lowest BCUT2D eigenvalue weighted by molar-refractivity contribution is -0.141. The van der Waals surface area contributed by atoms with Gasteiger partial charge < -0.3 is 97.6 Å². The Hall–Kier alpha value is -10.9. The lowest BCUT2D eigenvalue weighted by Gasteiger charge is -2.32. The quantitative estimate of drug-likeness (QED) is 0.00430. The van der Waals surface area contributed by atoms with Gasteiger partial charge in [0.05, 0.1) is 56.3 Å². The van der Waals surface area contributed by atoms with Crippen LogP contribution < -0.4 is 62.8 Å². The van der Waals surface area contributed by atoms with E-state index in [4.69, 9.17) is 84.1 Å². The third kappa shape index (κ3) is 31.1. The molecule has 30 heteroatoms. The third-order valence-corrected chi connectivity index (χ3v) is 18.7. The van der Waals surface area contributed by atoms with E-state index in [2.05, 4.69) is 45.0 Å². The van der Waals surface area contributed by atoms with Crippen LogP contribution in [0.1, 0.15) is 144 Å². The maximum atomic E-state index is 14.3. The Morgan fingerprint density at radius 3 is 0.982 bits per heavy atom. The molecular formula is C79H106F3N15O12. The first-order chi connectivity index (χ1) is 52.6. The molecule has 3 aliphatic heterocycles. The van der Waals surface area contributed by atoms with Crippen LogP contribution in [0.3, 0.4) is 0 Å². The van der Waals surface area contributed by atoms with Gasteiger partial charge in [-0.05, 0) is 263 Å². The van der Waals surface area contributed by atoms with Crippen molar-refractivity contribution in [1.82, 2.24) is 14.7 Å². The Morgan fingerprint density at radius 1 is 0.385 bits per heavy atom. The third-order valence-electron chi connectivity index (χ3n) is 18.7. The maximum absolute atomic E-state index is 14.3. The summed E-state index contributed by atoms with van der Waals surface area (Å²) in [4.78, 5) is 38.0. The van der Waals surface area contributed by atoms with Gasteiger partial charge in [-0.1, -0.05) is 20.6 Å². The van der Waals surface area contributed by atoms with Crippen LogP contribution in [-0.4, -0.2) is 171 Å². The number of nitrogens with one attached hydrogen (secondary N) is 2. The van der Waals surface area contributed by atoms with Crippen molar-refractivity contribution in [2.45, 2.75) is 110 Å². The van der Waals surface area contributed by atoms with Crippen molar-refractivity contribution < 1.29 is 71.3 Å². The van der Waals surface area contributed by atoms with Gasteiger partial charge >= 0.3 is 11.9 Å². The molecule has 0 unspecified atom stereocenters. The van der Waals surface area contributed by atoms with Crippen molar-refractivity contribution >= 4 is 47.0 Å². The smallest absolute Gasteiger partial charge is 0.332 e. The first-order valence-electron chi connectivity index (χ1n) is 36.9. The van der Waals surface area contributed by atoms with E-state index in [1.165, 1.54) is 82.3 Å². The second kappa shape index (κ2) is 46.4. The lowest BCUT2D eigenvalue weighted by atomic mass is 9.92. The monoisotopic (exact) mass is 1510 g/mol. The van der Waals surface area contributed by atoms with Crippen molar-refractivity contribution in [1.29, 1.82) is 10.8 Å². The molecular weight excluding hydrogens is 1410 g/mol. The van der Waals surface area contributed by atoms with Crippen molar-refractivity contribution in [3.63, 3.8) is 0 Å². The van der Waals surface area contributed by atoms with Gasteiger partial charge in [-0.15, -0.1) is 0 Å². The average molecular weight is 1510 g/mol. The second-order valence-electron chi connectivity index (χ2n) is 26.8.